The highest BCUT2D eigenvalue weighted by molar-refractivity contribution is 4.78. The van der Waals surface area contributed by atoms with Gasteiger partial charge in [0.25, 0.3) is 0 Å². The van der Waals surface area contributed by atoms with Gasteiger partial charge in [-0.15, -0.1) is 5.10 Å². The number of aromatic nitrogens is 4. The molecule has 0 amide bonds. The van der Waals surface area contributed by atoms with Gasteiger partial charge in [0.05, 0.1) is 6.54 Å². The lowest BCUT2D eigenvalue weighted by atomic mass is 10.4. The Kier molecular flexibility index (Phi) is 3.16. The summed E-state index contributed by atoms with van der Waals surface area (Å²) in [4.78, 5) is 2.27. The van der Waals surface area contributed by atoms with Crippen LogP contribution >= 0.6 is 0 Å². The summed E-state index contributed by atoms with van der Waals surface area (Å²) < 4.78 is 1.71. The number of aryl methyl sites for hydroxylation is 1. The monoisotopic (exact) mass is 169 g/mol. The predicted octanol–water partition coefficient (Wildman–Crippen LogP) is 0.0519. The van der Waals surface area contributed by atoms with E-state index in [0.717, 1.165) is 25.5 Å². The van der Waals surface area contributed by atoms with Crippen LogP contribution in [0.25, 0.3) is 0 Å². The van der Waals surface area contributed by atoms with E-state index >= 15 is 0 Å². The minimum absolute atomic E-state index is 0.830. The maximum absolute atomic E-state index is 3.91. The second-order valence-electron chi connectivity index (χ2n) is 2.68. The molecule has 0 fully saturated rings. The molecule has 0 aliphatic rings. The van der Waals surface area contributed by atoms with Crippen molar-refractivity contribution < 1.29 is 0 Å². The van der Waals surface area contributed by atoms with Crippen LogP contribution in [0.15, 0.2) is 0 Å². The quantitative estimate of drug-likeness (QED) is 0.639. The third-order valence-corrected chi connectivity index (χ3v) is 1.97. The molecule has 1 heterocycles. The Morgan fingerprint density at radius 2 is 2.00 bits per heavy atom. The van der Waals surface area contributed by atoms with E-state index in [1.165, 1.54) is 0 Å². The van der Waals surface area contributed by atoms with Crippen molar-refractivity contribution in [1.82, 2.24) is 25.1 Å². The van der Waals surface area contributed by atoms with Crippen molar-refractivity contribution in [3.8, 4) is 0 Å². The first-order valence-electron chi connectivity index (χ1n) is 4.21. The van der Waals surface area contributed by atoms with Gasteiger partial charge in [0.15, 0.2) is 5.82 Å². The minimum Gasteiger partial charge on any atom is -0.296 e. The van der Waals surface area contributed by atoms with Crippen LogP contribution in [0.4, 0.5) is 0 Å². The van der Waals surface area contributed by atoms with Crippen LogP contribution in [-0.2, 0) is 13.6 Å². The molecule has 0 aromatic carbocycles. The van der Waals surface area contributed by atoms with Gasteiger partial charge in [-0.25, -0.2) is 4.68 Å². The average Bonchev–Trinajstić information content (AvgIpc) is 2.47. The molecule has 0 spiro atoms. The highest BCUT2D eigenvalue weighted by Gasteiger charge is 2.05. The summed E-state index contributed by atoms with van der Waals surface area (Å²) in [7, 11) is 1.86. The number of nitrogens with zero attached hydrogens (tertiary/aromatic N) is 5. The van der Waals surface area contributed by atoms with Gasteiger partial charge in [-0.1, -0.05) is 13.8 Å². The second-order valence-corrected chi connectivity index (χ2v) is 2.68. The Bertz CT molecular complexity index is 227. The van der Waals surface area contributed by atoms with E-state index in [-0.39, 0.29) is 0 Å². The highest BCUT2D eigenvalue weighted by Crippen LogP contribution is 1.96. The fourth-order valence-electron chi connectivity index (χ4n) is 1.03. The maximum Gasteiger partial charge on any atom is 0.164 e. The molecular formula is C7H15N5. The van der Waals surface area contributed by atoms with Gasteiger partial charge < -0.3 is 0 Å². The molecule has 0 N–H and O–H groups in total. The van der Waals surface area contributed by atoms with E-state index in [1.807, 2.05) is 7.05 Å². The lowest BCUT2D eigenvalue weighted by Gasteiger charge is -2.15. The molecule has 0 bridgehead atoms. The van der Waals surface area contributed by atoms with Crippen LogP contribution in [0, 0.1) is 0 Å². The summed E-state index contributed by atoms with van der Waals surface area (Å²) in [5.41, 5.74) is 0. The fraction of sp³-hybridized carbons (Fsp3) is 0.857. The highest BCUT2D eigenvalue weighted by atomic mass is 15.5. The topological polar surface area (TPSA) is 46.8 Å². The van der Waals surface area contributed by atoms with Crippen LogP contribution in [0.1, 0.15) is 19.7 Å². The molecule has 5 nitrogen and oxygen atoms in total. The van der Waals surface area contributed by atoms with Gasteiger partial charge in [0, 0.05) is 7.05 Å². The zero-order valence-corrected chi connectivity index (χ0v) is 7.86. The smallest absolute Gasteiger partial charge is 0.164 e. The molecule has 0 saturated carbocycles. The third kappa shape index (κ3) is 2.01. The summed E-state index contributed by atoms with van der Waals surface area (Å²) in [6.45, 7) is 7.16. The molecule has 0 aliphatic carbocycles. The van der Waals surface area contributed by atoms with Crippen molar-refractivity contribution in [2.45, 2.75) is 20.4 Å². The SMILES string of the molecule is CCN(CC)Cc1nnnn1C. The standard InChI is InChI=1S/C7H15N5/c1-4-12(5-2)6-7-8-9-10-11(7)3/h4-6H2,1-3H3. The van der Waals surface area contributed by atoms with Crippen molar-refractivity contribution in [2.24, 2.45) is 7.05 Å². The molecule has 12 heavy (non-hydrogen) atoms. The molecule has 1 aromatic rings. The van der Waals surface area contributed by atoms with E-state index in [1.54, 1.807) is 4.68 Å². The molecule has 1 aromatic heterocycles. The van der Waals surface area contributed by atoms with Crippen LogP contribution in [-0.4, -0.2) is 38.2 Å². The number of rotatable bonds is 4. The Morgan fingerprint density at radius 3 is 2.42 bits per heavy atom. The summed E-state index contributed by atoms with van der Waals surface area (Å²) in [6, 6.07) is 0. The Morgan fingerprint density at radius 1 is 1.33 bits per heavy atom. The minimum atomic E-state index is 0.830. The fourth-order valence-corrected chi connectivity index (χ4v) is 1.03. The van der Waals surface area contributed by atoms with E-state index < -0.39 is 0 Å². The molecule has 0 aliphatic heterocycles. The van der Waals surface area contributed by atoms with Gasteiger partial charge in [0.1, 0.15) is 0 Å². The molecule has 68 valence electrons. The average molecular weight is 169 g/mol. The molecule has 0 radical (unpaired) electrons. The van der Waals surface area contributed by atoms with Crippen molar-refractivity contribution in [2.75, 3.05) is 13.1 Å². The summed E-state index contributed by atoms with van der Waals surface area (Å²) in [5.74, 6) is 0.915. The first-order chi connectivity index (χ1) is 5.77. The van der Waals surface area contributed by atoms with Crippen molar-refractivity contribution in [3.05, 3.63) is 5.82 Å². The molecular weight excluding hydrogens is 154 g/mol. The third-order valence-electron chi connectivity index (χ3n) is 1.97. The second kappa shape index (κ2) is 4.15. The van der Waals surface area contributed by atoms with E-state index in [0.29, 0.717) is 0 Å². The molecule has 0 atom stereocenters. The van der Waals surface area contributed by atoms with E-state index in [2.05, 4.69) is 34.3 Å². The zero-order chi connectivity index (χ0) is 8.97. The predicted molar refractivity (Wildman–Crippen MR) is 45.4 cm³/mol. The number of hydrogen-bond acceptors (Lipinski definition) is 4. The van der Waals surface area contributed by atoms with Crippen LogP contribution in [0.3, 0.4) is 0 Å². The van der Waals surface area contributed by atoms with E-state index in [4.69, 9.17) is 0 Å². The van der Waals surface area contributed by atoms with Crippen molar-refractivity contribution in [1.29, 1.82) is 0 Å². The van der Waals surface area contributed by atoms with E-state index in [9.17, 15) is 0 Å². The van der Waals surface area contributed by atoms with Crippen molar-refractivity contribution in [3.63, 3.8) is 0 Å². The molecule has 0 saturated heterocycles. The van der Waals surface area contributed by atoms with Crippen molar-refractivity contribution >= 4 is 0 Å². The van der Waals surface area contributed by atoms with Crippen LogP contribution in [0.5, 0.6) is 0 Å². The lowest BCUT2D eigenvalue weighted by Crippen LogP contribution is -2.24. The normalized spacial score (nSPS) is 11.0. The summed E-state index contributed by atoms with van der Waals surface area (Å²) in [6.07, 6.45) is 0. The lowest BCUT2D eigenvalue weighted by molar-refractivity contribution is 0.283. The van der Waals surface area contributed by atoms with Crippen LogP contribution in [0.2, 0.25) is 0 Å². The largest absolute Gasteiger partial charge is 0.296 e. The molecule has 1 rings (SSSR count). The summed E-state index contributed by atoms with van der Waals surface area (Å²) >= 11 is 0. The van der Waals surface area contributed by atoms with Gasteiger partial charge in [-0.05, 0) is 23.5 Å². The van der Waals surface area contributed by atoms with Crippen LogP contribution < -0.4 is 0 Å². The summed E-state index contributed by atoms with van der Waals surface area (Å²) in [5, 5.41) is 11.3. The number of hydrogen-bond donors (Lipinski definition) is 0. The Balaban J connectivity index is 2.56. The Hall–Kier alpha value is -0.970. The maximum atomic E-state index is 3.91. The molecule has 5 heteroatoms. The first-order valence-corrected chi connectivity index (χ1v) is 4.21. The van der Waals surface area contributed by atoms with Gasteiger partial charge >= 0.3 is 0 Å². The Labute approximate surface area is 72.4 Å². The zero-order valence-electron chi connectivity index (χ0n) is 7.86. The number of tetrazole rings is 1. The first kappa shape index (κ1) is 9.12. The molecule has 0 unspecified atom stereocenters. The van der Waals surface area contributed by atoms with Gasteiger partial charge in [0.2, 0.25) is 0 Å². The van der Waals surface area contributed by atoms with Gasteiger partial charge in [-0.3, -0.25) is 4.90 Å². The van der Waals surface area contributed by atoms with Gasteiger partial charge in [-0.2, -0.15) is 0 Å².